The van der Waals surface area contributed by atoms with E-state index in [4.69, 9.17) is 0 Å². The summed E-state index contributed by atoms with van der Waals surface area (Å²) in [7, 11) is 0. The van der Waals surface area contributed by atoms with Crippen LogP contribution in [0.15, 0.2) is 46.1 Å². The predicted molar refractivity (Wildman–Crippen MR) is 75.5 cm³/mol. The highest BCUT2D eigenvalue weighted by atomic mass is 16.2. The summed E-state index contributed by atoms with van der Waals surface area (Å²) in [5, 5.41) is 0. The Morgan fingerprint density at radius 1 is 1.11 bits per heavy atom. The van der Waals surface area contributed by atoms with Crippen molar-refractivity contribution in [3.8, 4) is 0 Å². The number of aryl methyl sites for hydroxylation is 2. The van der Waals surface area contributed by atoms with Gasteiger partial charge in [0, 0.05) is 18.3 Å². The molecule has 0 saturated carbocycles. The lowest BCUT2D eigenvalue weighted by Gasteiger charge is -2.11. The van der Waals surface area contributed by atoms with E-state index in [2.05, 4.69) is 0 Å². The Hall–Kier alpha value is -2.10. The monoisotopic (exact) mass is 258 g/mol. The van der Waals surface area contributed by atoms with Crippen LogP contribution in [0.1, 0.15) is 24.5 Å². The Morgan fingerprint density at radius 2 is 1.79 bits per heavy atom. The molecule has 0 fully saturated rings. The van der Waals surface area contributed by atoms with Crippen LogP contribution >= 0.6 is 0 Å². The molecule has 0 amide bonds. The Labute approximate surface area is 111 Å². The summed E-state index contributed by atoms with van der Waals surface area (Å²) in [5.41, 5.74) is 1.11. The van der Waals surface area contributed by atoms with Crippen LogP contribution in [0.5, 0.6) is 0 Å². The van der Waals surface area contributed by atoms with Gasteiger partial charge >= 0.3 is 5.69 Å². The Bertz CT molecular complexity index is 669. The first-order valence-electron chi connectivity index (χ1n) is 6.48. The molecule has 4 nitrogen and oxygen atoms in total. The van der Waals surface area contributed by atoms with Crippen LogP contribution in [0, 0.1) is 6.92 Å². The van der Waals surface area contributed by atoms with Crippen LogP contribution < -0.4 is 11.2 Å². The summed E-state index contributed by atoms with van der Waals surface area (Å²) in [6.07, 6.45) is 2.51. The molecule has 0 unspecified atom stereocenters. The van der Waals surface area contributed by atoms with Crippen molar-refractivity contribution >= 4 is 0 Å². The molecule has 4 heteroatoms. The Morgan fingerprint density at radius 3 is 2.42 bits per heavy atom. The molecular weight excluding hydrogens is 240 g/mol. The summed E-state index contributed by atoms with van der Waals surface area (Å²) in [6.45, 7) is 4.71. The molecule has 2 rings (SSSR count). The molecule has 0 bridgehead atoms. The second-order valence-electron chi connectivity index (χ2n) is 4.66. The molecular formula is C15H18N2O2. The van der Waals surface area contributed by atoms with E-state index in [9.17, 15) is 9.59 Å². The standard InChI is InChI=1S/C15H18N2O2/c1-3-9-16-10-12(2)14(18)17(15(16)19)11-13-7-5-4-6-8-13/h4-8,10H,3,9,11H2,1-2H3. The second-order valence-corrected chi connectivity index (χ2v) is 4.66. The third-order valence-electron chi connectivity index (χ3n) is 3.06. The zero-order valence-electron chi connectivity index (χ0n) is 11.3. The summed E-state index contributed by atoms with van der Waals surface area (Å²) in [4.78, 5) is 24.4. The lowest BCUT2D eigenvalue weighted by molar-refractivity contribution is 0.566. The van der Waals surface area contributed by atoms with Crippen LogP contribution in [-0.2, 0) is 13.1 Å². The van der Waals surface area contributed by atoms with Crippen LogP contribution in [0.25, 0.3) is 0 Å². The van der Waals surface area contributed by atoms with Gasteiger partial charge < -0.3 is 4.57 Å². The number of hydrogen-bond donors (Lipinski definition) is 0. The van der Waals surface area contributed by atoms with Crippen molar-refractivity contribution in [2.75, 3.05) is 0 Å². The molecule has 0 atom stereocenters. The molecule has 1 aromatic heterocycles. The molecule has 1 aromatic carbocycles. The van der Waals surface area contributed by atoms with Crippen LogP contribution in [-0.4, -0.2) is 9.13 Å². The van der Waals surface area contributed by atoms with Crippen molar-refractivity contribution in [2.24, 2.45) is 0 Å². The van der Waals surface area contributed by atoms with Gasteiger partial charge in [0.05, 0.1) is 6.54 Å². The van der Waals surface area contributed by atoms with Crippen molar-refractivity contribution in [3.63, 3.8) is 0 Å². The molecule has 0 aliphatic rings. The fourth-order valence-corrected chi connectivity index (χ4v) is 2.11. The first-order chi connectivity index (χ1) is 9.13. The first kappa shape index (κ1) is 13.3. The highest BCUT2D eigenvalue weighted by molar-refractivity contribution is 5.15. The lowest BCUT2D eigenvalue weighted by atomic mass is 10.2. The Kier molecular flexibility index (Phi) is 4.00. The quantitative estimate of drug-likeness (QED) is 0.839. The second kappa shape index (κ2) is 5.69. The molecule has 0 spiro atoms. The number of aromatic nitrogens is 2. The third kappa shape index (κ3) is 2.84. The highest BCUT2D eigenvalue weighted by Gasteiger charge is 2.08. The molecule has 1 heterocycles. The van der Waals surface area contributed by atoms with Crippen molar-refractivity contribution in [1.82, 2.24) is 9.13 Å². The zero-order chi connectivity index (χ0) is 13.8. The first-order valence-corrected chi connectivity index (χ1v) is 6.48. The number of nitrogens with zero attached hydrogens (tertiary/aromatic N) is 2. The summed E-state index contributed by atoms with van der Waals surface area (Å²) < 4.78 is 2.92. The fourth-order valence-electron chi connectivity index (χ4n) is 2.11. The van der Waals surface area contributed by atoms with Crippen LogP contribution in [0.2, 0.25) is 0 Å². The third-order valence-corrected chi connectivity index (χ3v) is 3.06. The molecule has 0 N–H and O–H groups in total. The van der Waals surface area contributed by atoms with E-state index in [1.54, 1.807) is 17.7 Å². The smallest absolute Gasteiger partial charge is 0.300 e. The van der Waals surface area contributed by atoms with Crippen molar-refractivity contribution in [2.45, 2.75) is 33.4 Å². The molecule has 2 aromatic rings. The zero-order valence-corrected chi connectivity index (χ0v) is 11.3. The van der Waals surface area contributed by atoms with E-state index in [-0.39, 0.29) is 11.2 Å². The minimum atomic E-state index is -0.235. The van der Waals surface area contributed by atoms with Gasteiger partial charge in [-0.25, -0.2) is 4.79 Å². The van der Waals surface area contributed by atoms with Crippen LogP contribution in [0.3, 0.4) is 0 Å². The van der Waals surface area contributed by atoms with Gasteiger partial charge in [0.25, 0.3) is 5.56 Å². The molecule has 0 aliphatic carbocycles. The minimum absolute atomic E-state index is 0.207. The normalized spacial score (nSPS) is 10.6. The van der Waals surface area contributed by atoms with E-state index < -0.39 is 0 Å². The predicted octanol–water partition coefficient (Wildman–Crippen LogP) is 1.78. The van der Waals surface area contributed by atoms with Gasteiger partial charge in [-0.15, -0.1) is 0 Å². The molecule has 19 heavy (non-hydrogen) atoms. The van der Waals surface area contributed by atoms with E-state index in [0.29, 0.717) is 18.7 Å². The maximum Gasteiger partial charge on any atom is 0.331 e. The number of rotatable bonds is 4. The summed E-state index contributed by atoms with van der Waals surface area (Å²) >= 11 is 0. The van der Waals surface area contributed by atoms with Crippen molar-refractivity contribution < 1.29 is 0 Å². The van der Waals surface area contributed by atoms with Crippen LogP contribution in [0.4, 0.5) is 0 Å². The summed E-state index contributed by atoms with van der Waals surface area (Å²) in [6, 6.07) is 9.55. The van der Waals surface area contributed by atoms with Gasteiger partial charge in [0.2, 0.25) is 0 Å². The van der Waals surface area contributed by atoms with E-state index in [0.717, 1.165) is 12.0 Å². The van der Waals surface area contributed by atoms with Gasteiger partial charge in [-0.2, -0.15) is 0 Å². The van der Waals surface area contributed by atoms with Crippen molar-refractivity contribution in [1.29, 1.82) is 0 Å². The topological polar surface area (TPSA) is 44.0 Å². The number of hydrogen-bond acceptors (Lipinski definition) is 2. The van der Waals surface area contributed by atoms with Gasteiger partial charge in [-0.3, -0.25) is 9.36 Å². The molecule has 0 aliphatic heterocycles. The van der Waals surface area contributed by atoms with Gasteiger partial charge in [-0.1, -0.05) is 37.3 Å². The molecule has 0 saturated heterocycles. The maximum absolute atomic E-state index is 12.3. The van der Waals surface area contributed by atoms with Gasteiger partial charge in [0.15, 0.2) is 0 Å². The fraction of sp³-hybridized carbons (Fsp3) is 0.333. The van der Waals surface area contributed by atoms with E-state index >= 15 is 0 Å². The minimum Gasteiger partial charge on any atom is -0.300 e. The van der Waals surface area contributed by atoms with E-state index in [1.807, 2.05) is 37.3 Å². The summed E-state index contributed by atoms with van der Waals surface area (Å²) in [5.74, 6) is 0. The lowest BCUT2D eigenvalue weighted by Crippen LogP contribution is -2.40. The number of benzene rings is 1. The molecule has 100 valence electrons. The Balaban J connectivity index is 2.50. The van der Waals surface area contributed by atoms with E-state index in [1.165, 1.54) is 4.57 Å². The van der Waals surface area contributed by atoms with Crippen molar-refractivity contribution in [3.05, 3.63) is 68.5 Å². The largest absolute Gasteiger partial charge is 0.331 e. The van der Waals surface area contributed by atoms with Gasteiger partial charge in [-0.05, 0) is 18.9 Å². The van der Waals surface area contributed by atoms with Gasteiger partial charge in [0.1, 0.15) is 0 Å². The average Bonchev–Trinajstić information content (AvgIpc) is 2.42. The maximum atomic E-state index is 12.3. The average molecular weight is 258 g/mol. The molecule has 0 radical (unpaired) electrons. The highest BCUT2D eigenvalue weighted by Crippen LogP contribution is 1.99. The SMILES string of the molecule is CCCn1cc(C)c(=O)n(Cc2ccccc2)c1=O.